The lowest BCUT2D eigenvalue weighted by atomic mass is 10.0. The number of ether oxygens (including phenoxy) is 3. The van der Waals surface area contributed by atoms with Crippen molar-refractivity contribution in [2.45, 2.75) is 50.0 Å². The molecule has 0 saturated heterocycles. The van der Waals surface area contributed by atoms with Crippen molar-refractivity contribution >= 4 is 55.8 Å². The van der Waals surface area contributed by atoms with Crippen molar-refractivity contribution in [3.05, 3.63) is 79.5 Å². The van der Waals surface area contributed by atoms with Crippen molar-refractivity contribution < 1.29 is 38.0 Å². The number of nitrogens with one attached hydrogen (secondary N) is 4. The van der Waals surface area contributed by atoms with Gasteiger partial charge in [0.05, 0.1) is 54.6 Å². The Labute approximate surface area is 318 Å². The maximum absolute atomic E-state index is 12.5. The molecular formula is C38H42N8O10. The number of carbonyl (C=O) groups is 2. The Bertz CT molecular complexity index is 2870. The molecule has 0 aliphatic heterocycles. The number of benzene rings is 2. The van der Waals surface area contributed by atoms with Crippen molar-refractivity contribution in [3.63, 3.8) is 0 Å². The first-order valence-electron chi connectivity index (χ1n) is 15.8. The van der Waals surface area contributed by atoms with Crippen molar-refractivity contribution in [1.29, 1.82) is 0 Å². The average molecular weight is 771 g/mol. The van der Waals surface area contributed by atoms with E-state index in [4.69, 9.17) is 23.6 Å². The zero-order valence-corrected chi connectivity index (χ0v) is 29.2. The summed E-state index contributed by atoms with van der Waals surface area (Å²) >= 11 is 0. The lowest BCUT2D eigenvalue weighted by Crippen LogP contribution is -2.16. The van der Waals surface area contributed by atoms with E-state index < -0.39 is 28.9 Å². The molecule has 0 spiro atoms. The normalized spacial score (nSPS) is 10.7. The highest BCUT2D eigenvalue weighted by molar-refractivity contribution is 6.09. The number of esters is 1. The third-order valence-electron chi connectivity index (χ3n) is 8.75. The predicted octanol–water partition coefficient (Wildman–Crippen LogP) is 6.76. The van der Waals surface area contributed by atoms with Crippen molar-refractivity contribution in [1.82, 2.24) is 40.2 Å². The molecule has 0 aliphatic rings. The minimum atomic E-state index is -1.31. The van der Waals surface area contributed by atoms with Crippen LogP contribution in [0.2, 0.25) is 0 Å². The lowest BCUT2D eigenvalue weighted by Gasteiger charge is -2.08. The van der Waals surface area contributed by atoms with Crippen molar-refractivity contribution in [3.8, 4) is 33.8 Å². The Balaban J connectivity index is 0.000000236. The van der Waals surface area contributed by atoms with Crippen LogP contribution in [0.3, 0.4) is 0 Å². The second-order valence-electron chi connectivity index (χ2n) is 11.9. The third kappa shape index (κ3) is 6.71. The summed E-state index contributed by atoms with van der Waals surface area (Å²) in [6.07, 6.45) is 0. The van der Waals surface area contributed by atoms with Gasteiger partial charge in [0.15, 0.2) is 0 Å². The number of hydrogen-bond donors (Lipinski definition) is 5. The van der Waals surface area contributed by atoms with Crippen LogP contribution < -0.4 is 20.6 Å². The molecule has 2 aromatic carbocycles. The molecule has 0 radical (unpaired) electrons. The van der Waals surface area contributed by atoms with Crippen molar-refractivity contribution in [2.75, 3.05) is 21.3 Å². The van der Waals surface area contributed by atoms with Crippen LogP contribution in [0, 0.1) is 27.7 Å². The van der Waals surface area contributed by atoms with E-state index >= 15 is 0 Å². The van der Waals surface area contributed by atoms with E-state index in [1.54, 1.807) is 26.2 Å². The number of nitrogens with zero attached hydrogens (tertiary/aromatic N) is 4. The van der Waals surface area contributed by atoms with E-state index in [9.17, 15) is 19.2 Å². The summed E-state index contributed by atoms with van der Waals surface area (Å²) in [6.45, 7) is 7.29. The summed E-state index contributed by atoms with van der Waals surface area (Å²) < 4.78 is 26.1. The number of aromatic nitrogens is 8. The molecule has 0 amide bonds. The van der Waals surface area contributed by atoms with Gasteiger partial charge in [-0.1, -0.05) is 32.6 Å². The highest BCUT2D eigenvalue weighted by Crippen LogP contribution is 2.40. The van der Waals surface area contributed by atoms with Crippen LogP contribution in [0.25, 0.3) is 66.1 Å². The molecule has 0 atom stereocenters. The first kappa shape index (κ1) is 41.5. The van der Waals surface area contributed by atoms with Gasteiger partial charge in [0.1, 0.15) is 34.3 Å². The van der Waals surface area contributed by atoms with Gasteiger partial charge in [-0.3, -0.25) is 9.59 Å². The van der Waals surface area contributed by atoms with Gasteiger partial charge in [0, 0.05) is 32.9 Å². The van der Waals surface area contributed by atoms with E-state index in [1.165, 1.54) is 14.2 Å². The standard InChI is InChI=1S/C18H16N4O5.C17H14N4O5.3CH4/c1-7-13(8(2)27-22-7)10-5-11-9(6-12(10)25-3)14-15(19-11)20-16(18(24)26-4)21-17(14)23;1-6-12(7(2)26-21-6)9-4-10-8(5-11(9)25-3)13-14(18-10)19-15(17(23)24)20-16(13)22;;;/h5-6H,1-4H3,(H2,19,20,21,23);4-5H,1-3H3,(H,23,24)(H2,18,19,20,22);3*1H4. The van der Waals surface area contributed by atoms with Gasteiger partial charge < -0.3 is 48.3 Å². The van der Waals surface area contributed by atoms with E-state index in [2.05, 4.69) is 45.0 Å². The quantitative estimate of drug-likeness (QED) is 0.109. The molecule has 0 bridgehead atoms. The zero-order chi connectivity index (χ0) is 37.9. The molecule has 18 heteroatoms. The third-order valence-corrected chi connectivity index (χ3v) is 8.75. The molecule has 8 rings (SSSR count). The second-order valence-corrected chi connectivity index (χ2v) is 11.9. The number of hydrogen-bond acceptors (Lipinski definition) is 13. The molecule has 294 valence electrons. The fourth-order valence-electron chi connectivity index (χ4n) is 6.42. The summed E-state index contributed by atoms with van der Waals surface area (Å²) in [7, 11) is 4.30. The van der Waals surface area contributed by atoms with E-state index in [0.717, 1.165) is 27.9 Å². The monoisotopic (exact) mass is 770 g/mol. The summed E-state index contributed by atoms with van der Waals surface area (Å²) in [5.41, 5.74) is 5.37. The number of aryl methyl sites for hydroxylation is 4. The molecule has 6 aromatic heterocycles. The van der Waals surface area contributed by atoms with Gasteiger partial charge in [0.25, 0.3) is 11.1 Å². The molecule has 18 nitrogen and oxygen atoms in total. The van der Waals surface area contributed by atoms with Gasteiger partial charge in [0.2, 0.25) is 11.6 Å². The Morgan fingerprint density at radius 3 is 1.41 bits per heavy atom. The molecule has 0 unspecified atom stereocenters. The Hall–Kier alpha value is -7.24. The van der Waals surface area contributed by atoms with E-state index in [1.807, 2.05) is 32.9 Å². The number of fused-ring (bicyclic) bond motifs is 6. The first-order chi connectivity index (χ1) is 25.3. The van der Waals surface area contributed by atoms with E-state index in [-0.39, 0.29) is 44.8 Å². The van der Waals surface area contributed by atoms with Gasteiger partial charge in [-0.05, 0) is 52.0 Å². The molecule has 5 N–H and O–H groups in total. The minimum Gasteiger partial charge on any atom is -0.496 e. The van der Waals surface area contributed by atoms with Gasteiger partial charge >= 0.3 is 11.9 Å². The Morgan fingerprint density at radius 2 is 1.05 bits per heavy atom. The predicted molar refractivity (Wildman–Crippen MR) is 210 cm³/mol. The molecule has 0 aliphatic carbocycles. The maximum Gasteiger partial charge on any atom is 0.374 e. The SMILES string of the molecule is C.C.C.COC(=O)c1nc2[nH]c3cc(-c4c(C)noc4C)c(OC)cc3c2c(=O)[nH]1.COc1cc2c(cc1-c1c(C)noc1C)[nH]c1nc(C(=O)O)[nH]c(=O)c12. The smallest absolute Gasteiger partial charge is 0.374 e. The largest absolute Gasteiger partial charge is 0.496 e. The fraction of sp³-hybridized carbons (Fsp3) is 0.263. The van der Waals surface area contributed by atoms with Gasteiger partial charge in [-0.15, -0.1) is 0 Å². The molecule has 0 saturated carbocycles. The molecule has 56 heavy (non-hydrogen) atoms. The zero-order valence-electron chi connectivity index (χ0n) is 29.2. The lowest BCUT2D eigenvalue weighted by molar-refractivity contribution is 0.0586. The number of methoxy groups -OCH3 is 3. The summed E-state index contributed by atoms with van der Waals surface area (Å²) in [4.78, 5) is 66.7. The van der Waals surface area contributed by atoms with Crippen LogP contribution in [0.5, 0.6) is 11.5 Å². The highest BCUT2D eigenvalue weighted by Gasteiger charge is 2.23. The highest BCUT2D eigenvalue weighted by atomic mass is 16.5. The van der Waals surface area contributed by atoms with Crippen LogP contribution in [0.15, 0.2) is 42.9 Å². The van der Waals surface area contributed by atoms with Crippen molar-refractivity contribution in [2.24, 2.45) is 0 Å². The molecule has 8 aromatic rings. The second kappa shape index (κ2) is 15.6. The molecule has 6 heterocycles. The first-order valence-corrected chi connectivity index (χ1v) is 15.8. The van der Waals surface area contributed by atoms with Crippen LogP contribution >= 0.6 is 0 Å². The van der Waals surface area contributed by atoms with Gasteiger partial charge in [-0.25, -0.2) is 19.6 Å². The number of carbonyl (C=O) groups excluding carboxylic acids is 1. The number of carboxylic acid groups (broad SMARTS) is 1. The number of aromatic carboxylic acids is 1. The summed E-state index contributed by atoms with van der Waals surface area (Å²) in [5.74, 6) is -0.223. The number of carboxylic acids is 1. The Morgan fingerprint density at radius 1 is 0.643 bits per heavy atom. The van der Waals surface area contributed by atoms with E-state index in [0.29, 0.717) is 55.9 Å². The molecular weight excluding hydrogens is 728 g/mol. The van der Waals surface area contributed by atoms with Crippen LogP contribution in [0.4, 0.5) is 0 Å². The Kier molecular flexibility index (Phi) is 11.6. The minimum absolute atomic E-state index is 0. The molecule has 0 fully saturated rings. The van der Waals surface area contributed by atoms with Crippen LogP contribution in [-0.4, -0.2) is 78.6 Å². The number of aromatic amines is 4. The van der Waals surface area contributed by atoms with Gasteiger partial charge in [-0.2, -0.15) is 0 Å². The van der Waals surface area contributed by atoms with Crippen LogP contribution in [0.1, 0.15) is 66.4 Å². The average Bonchev–Trinajstić information content (AvgIpc) is 3.88. The summed E-state index contributed by atoms with van der Waals surface area (Å²) in [5, 5.41) is 18.8. The number of H-pyrrole nitrogens is 4. The topological polar surface area (TPSA) is 257 Å². The van der Waals surface area contributed by atoms with Crippen LogP contribution in [-0.2, 0) is 4.74 Å². The fourth-order valence-corrected chi connectivity index (χ4v) is 6.42. The summed E-state index contributed by atoms with van der Waals surface area (Å²) in [6, 6.07) is 7.12. The maximum atomic E-state index is 12.5. The number of rotatable bonds is 6.